The van der Waals surface area contributed by atoms with Crippen molar-refractivity contribution < 1.29 is 23.6 Å². The van der Waals surface area contributed by atoms with E-state index in [9.17, 15) is 14.0 Å². The lowest BCUT2D eigenvalue weighted by Crippen LogP contribution is -2.31. The van der Waals surface area contributed by atoms with Gasteiger partial charge < -0.3 is 20.3 Å². The van der Waals surface area contributed by atoms with Gasteiger partial charge in [-0.15, -0.1) is 0 Å². The highest BCUT2D eigenvalue weighted by Gasteiger charge is 2.13. The number of carboxylic acid groups (broad SMARTS) is 1. The Morgan fingerprint density at radius 1 is 1.38 bits per heavy atom. The van der Waals surface area contributed by atoms with Crippen LogP contribution < -0.4 is 10.6 Å². The van der Waals surface area contributed by atoms with E-state index < -0.39 is 17.8 Å². The predicted octanol–water partition coefficient (Wildman–Crippen LogP) is 1.27. The second-order valence-corrected chi connectivity index (χ2v) is 3.97. The number of benzene rings is 1. The summed E-state index contributed by atoms with van der Waals surface area (Å²) < 4.78 is 17.5. The molecule has 0 unspecified atom stereocenters. The van der Waals surface area contributed by atoms with Crippen LogP contribution in [-0.2, 0) is 6.42 Å². The van der Waals surface area contributed by atoms with Crippen LogP contribution >= 0.6 is 0 Å². The second kappa shape index (κ2) is 6.46. The lowest BCUT2D eigenvalue weighted by Gasteiger charge is -2.09. The van der Waals surface area contributed by atoms with E-state index in [1.165, 1.54) is 12.5 Å². The number of hydrogen-bond donors (Lipinski definition) is 3. The van der Waals surface area contributed by atoms with Crippen LogP contribution in [0.2, 0.25) is 0 Å². The molecule has 1 aromatic carbocycles. The molecule has 2 rings (SSSR count). The Hall–Kier alpha value is -2.97. The third-order valence-corrected chi connectivity index (χ3v) is 2.50. The van der Waals surface area contributed by atoms with E-state index in [4.69, 9.17) is 5.11 Å². The van der Waals surface area contributed by atoms with Gasteiger partial charge in [0.05, 0.1) is 11.3 Å². The lowest BCUT2D eigenvalue weighted by atomic mass is 10.2. The molecule has 8 nitrogen and oxygen atoms in total. The molecule has 1 heterocycles. The quantitative estimate of drug-likeness (QED) is 0.764. The molecule has 0 bridgehead atoms. The molecule has 21 heavy (non-hydrogen) atoms. The van der Waals surface area contributed by atoms with Crippen molar-refractivity contribution in [3.05, 3.63) is 41.8 Å². The SMILES string of the molecule is O=C(NCCc1ncon1)Nc1ccc(F)cc1C(=O)O. The van der Waals surface area contributed by atoms with Crippen LogP contribution in [0.25, 0.3) is 0 Å². The fourth-order valence-corrected chi connectivity index (χ4v) is 1.56. The first kappa shape index (κ1) is 14.4. The van der Waals surface area contributed by atoms with Gasteiger partial charge in [-0.25, -0.2) is 14.0 Å². The number of aromatic carboxylic acids is 1. The molecule has 0 fully saturated rings. The number of rotatable bonds is 5. The number of amides is 2. The number of nitrogens with zero attached hydrogens (tertiary/aromatic N) is 2. The van der Waals surface area contributed by atoms with Crippen molar-refractivity contribution in [3.8, 4) is 0 Å². The number of nitrogens with one attached hydrogen (secondary N) is 2. The van der Waals surface area contributed by atoms with Crippen LogP contribution in [0.15, 0.2) is 29.1 Å². The Labute approximate surface area is 118 Å². The average Bonchev–Trinajstić information content (AvgIpc) is 2.94. The Morgan fingerprint density at radius 3 is 2.86 bits per heavy atom. The fraction of sp³-hybridized carbons (Fsp3) is 0.167. The second-order valence-electron chi connectivity index (χ2n) is 3.97. The number of carbonyl (C=O) groups excluding carboxylic acids is 1. The summed E-state index contributed by atoms with van der Waals surface area (Å²) in [6, 6.07) is 2.45. The van der Waals surface area contributed by atoms with Gasteiger partial charge in [0.25, 0.3) is 0 Å². The number of anilines is 1. The number of hydrogen-bond acceptors (Lipinski definition) is 5. The van der Waals surface area contributed by atoms with E-state index in [0.717, 1.165) is 12.1 Å². The summed E-state index contributed by atoms with van der Waals surface area (Å²) >= 11 is 0. The summed E-state index contributed by atoms with van der Waals surface area (Å²) in [4.78, 5) is 26.4. The Morgan fingerprint density at radius 2 is 2.19 bits per heavy atom. The minimum atomic E-state index is -1.34. The molecule has 2 amide bonds. The van der Waals surface area contributed by atoms with E-state index in [0.29, 0.717) is 12.2 Å². The molecule has 9 heteroatoms. The number of aromatic nitrogens is 2. The Balaban J connectivity index is 1.92. The highest BCUT2D eigenvalue weighted by molar-refractivity contribution is 5.99. The smallest absolute Gasteiger partial charge is 0.337 e. The van der Waals surface area contributed by atoms with Gasteiger partial charge in [0.2, 0.25) is 6.39 Å². The summed E-state index contributed by atoms with van der Waals surface area (Å²) in [6.07, 6.45) is 1.53. The third-order valence-electron chi connectivity index (χ3n) is 2.50. The molecule has 0 aliphatic heterocycles. The number of carbonyl (C=O) groups is 2. The topological polar surface area (TPSA) is 117 Å². The third kappa shape index (κ3) is 4.00. The molecule has 0 spiro atoms. The Kier molecular flexibility index (Phi) is 4.44. The molecular formula is C12H11FN4O4. The van der Waals surface area contributed by atoms with Crippen molar-refractivity contribution in [2.24, 2.45) is 0 Å². The van der Waals surface area contributed by atoms with E-state index in [1.54, 1.807) is 0 Å². The van der Waals surface area contributed by atoms with Gasteiger partial charge in [0.15, 0.2) is 5.82 Å². The Bertz CT molecular complexity index is 645. The highest BCUT2D eigenvalue weighted by Crippen LogP contribution is 2.16. The van der Waals surface area contributed by atoms with Crippen LogP contribution in [0.5, 0.6) is 0 Å². The molecule has 0 aliphatic rings. The number of urea groups is 1. The monoisotopic (exact) mass is 294 g/mol. The zero-order valence-corrected chi connectivity index (χ0v) is 10.7. The minimum Gasteiger partial charge on any atom is -0.478 e. The van der Waals surface area contributed by atoms with Crippen LogP contribution in [0.3, 0.4) is 0 Å². The highest BCUT2D eigenvalue weighted by atomic mass is 19.1. The zero-order chi connectivity index (χ0) is 15.2. The first-order valence-corrected chi connectivity index (χ1v) is 5.89. The number of carboxylic acids is 1. The summed E-state index contributed by atoms with van der Waals surface area (Å²) in [7, 11) is 0. The first-order valence-electron chi connectivity index (χ1n) is 5.89. The normalized spacial score (nSPS) is 10.1. The van der Waals surface area contributed by atoms with Gasteiger partial charge >= 0.3 is 12.0 Å². The van der Waals surface area contributed by atoms with Crippen molar-refractivity contribution in [2.45, 2.75) is 6.42 Å². The molecule has 0 saturated heterocycles. The summed E-state index contributed by atoms with van der Waals surface area (Å²) in [5.74, 6) is -1.60. The maximum atomic E-state index is 13.0. The molecule has 2 aromatic rings. The van der Waals surface area contributed by atoms with Crippen molar-refractivity contribution in [2.75, 3.05) is 11.9 Å². The molecule has 0 saturated carbocycles. The van der Waals surface area contributed by atoms with E-state index in [1.807, 2.05) is 0 Å². The van der Waals surface area contributed by atoms with Crippen molar-refractivity contribution >= 4 is 17.7 Å². The molecule has 0 radical (unpaired) electrons. The van der Waals surface area contributed by atoms with Gasteiger partial charge in [-0.1, -0.05) is 5.16 Å². The predicted molar refractivity (Wildman–Crippen MR) is 68.4 cm³/mol. The summed E-state index contributed by atoms with van der Waals surface area (Å²) in [6.45, 7) is 0.231. The van der Waals surface area contributed by atoms with Gasteiger partial charge in [-0.3, -0.25) is 0 Å². The molecule has 1 aromatic heterocycles. The minimum absolute atomic E-state index is 0.000890. The van der Waals surface area contributed by atoms with Gasteiger partial charge in [0, 0.05) is 13.0 Å². The molecule has 3 N–H and O–H groups in total. The largest absolute Gasteiger partial charge is 0.478 e. The summed E-state index contributed by atoms with van der Waals surface area (Å²) in [5, 5.41) is 17.3. The van der Waals surface area contributed by atoms with Crippen LogP contribution in [0, 0.1) is 5.82 Å². The van der Waals surface area contributed by atoms with Crippen LogP contribution in [-0.4, -0.2) is 33.8 Å². The molecular weight excluding hydrogens is 283 g/mol. The van der Waals surface area contributed by atoms with E-state index in [2.05, 4.69) is 25.3 Å². The maximum Gasteiger partial charge on any atom is 0.337 e. The lowest BCUT2D eigenvalue weighted by molar-refractivity contribution is 0.0697. The van der Waals surface area contributed by atoms with Crippen molar-refractivity contribution in [1.29, 1.82) is 0 Å². The standard InChI is InChI=1S/C12H11FN4O4/c13-7-1-2-9(8(5-7)11(18)19)16-12(20)14-4-3-10-15-6-21-17-10/h1-2,5-6H,3-4H2,(H,18,19)(H2,14,16,20). The van der Waals surface area contributed by atoms with Crippen molar-refractivity contribution in [1.82, 2.24) is 15.5 Å². The van der Waals surface area contributed by atoms with Crippen LogP contribution in [0.1, 0.15) is 16.2 Å². The van der Waals surface area contributed by atoms with Crippen LogP contribution in [0.4, 0.5) is 14.9 Å². The van der Waals surface area contributed by atoms with Crippen molar-refractivity contribution in [3.63, 3.8) is 0 Å². The molecule has 110 valence electrons. The van der Waals surface area contributed by atoms with Gasteiger partial charge in [-0.05, 0) is 18.2 Å². The fourth-order valence-electron chi connectivity index (χ4n) is 1.56. The first-order chi connectivity index (χ1) is 10.1. The molecule has 0 aliphatic carbocycles. The van der Waals surface area contributed by atoms with Gasteiger partial charge in [-0.2, -0.15) is 4.98 Å². The van der Waals surface area contributed by atoms with E-state index >= 15 is 0 Å². The van der Waals surface area contributed by atoms with E-state index in [-0.39, 0.29) is 17.8 Å². The summed E-state index contributed by atoms with van der Waals surface area (Å²) in [5.41, 5.74) is -0.329. The maximum absolute atomic E-state index is 13.0. The average molecular weight is 294 g/mol. The number of halogens is 1. The zero-order valence-electron chi connectivity index (χ0n) is 10.7. The van der Waals surface area contributed by atoms with Gasteiger partial charge in [0.1, 0.15) is 5.82 Å². The molecule has 0 atom stereocenters.